The molecule has 100 valence electrons. The molecule has 5 nitrogen and oxygen atoms in total. The van der Waals surface area contributed by atoms with Crippen LogP contribution >= 0.6 is 11.6 Å². The SMILES string of the molecule is CCCNCCNc1cc(F)c(Cl)cc1[N+](=O)[O-]. The van der Waals surface area contributed by atoms with E-state index in [2.05, 4.69) is 10.6 Å². The summed E-state index contributed by atoms with van der Waals surface area (Å²) in [4.78, 5) is 10.2. The van der Waals surface area contributed by atoms with Gasteiger partial charge in [0.05, 0.1) is 9.95 Å². The Bertz CT molecular complexity index is 429. The molecule has 7 heteroatoms. The van der Waals surface area contributed by atoms with Crippen LogP contribution in [0, 0.1) is 15.9 Å². The molecular weight excluding hydrogens is 261 g/mol. The largest absolute Gasteiger partial charge is 0.378 e. The van der Waals surface area contributed by atoms with Crippen LogP contribution in [0.2, 0.25) is 5.02 Å². The highest BCUT2D eigenvalue weighted by molar-refractivity contribution is 6.31. The van der Waals surface area contributed by atoms with Crippen LogP contribution in [0.25, 0.3) is 0 Å². The Morgan fingerprint density at radius 3 is 2.72 bits per heavy atom. The Morgan fingerprint density at radius 2 is 2.11 bits per heavy atom. The van der Waals surface area contributed by atoms with E-state index in [1.807, 2.05) is 6.92 Å². The Hall–Kier alpha value is -1.40. The van der Waals surface area contributed by atoms with Crippen LogP contribution in [0.3, 0.4) is 0 Å². The molecule has 0 saturated carbocycles. The van der Waals surface area contributed by atoms with E-state index in [4.69, 9.17) is 11.6 Å². The van der Waals surface area contributed by atoms with Gasteiger partial charge in [0.2, 0.25) is 0 Å². The highest BCUT2D eigenvalue weighted by atomic mass is 35.5. The molecule has 0 bridgehead atoms. The summed E-state index contributed by atoms with van der Waals surface area (Å²) in [6.07, 6.45) is 1.01. The van der Waals surface area contributed by atoms with Gasteiger partial charge in [-0.05, 0) is 13.0 Å². The molecule has 18 heavy (non-hydrogen) atoms. The quantitative estimate of drug-likeness (QED) is 0.456. The summed E-state index contributed by atoms with van der Waals surface area (Å²) in [6, 6.07) is 2.05. The van der Waals surface area contributed by atoms with Crippen LogP contribution in [-0.4, -0.2) is 24.6 Å². The summed E-state index contributed by atoms with van der Waals surface area (Å²) in [7, 11) is 0. The number of halogens is 2. The van der Waals surface area contributed by atoms with E-state index >= 15 is 0 Å². The number of nitrogens with zero attached hydrogens (tertiary/aromatic N) is 1. The lowest BCUT2D eigenvalue weighted by Crippen LogP contribution is -2.23. The van der Waals surface area contributed by atoms with Crippen molar-refractivity contribution in [1.29, 1.82) is 0 Å². The van der Waals surface area contributed by atoms with Gasteiger partial charge in [0, 0.05) is 25.2 Å². The molecule has 0 unspecified atom stereocenters. The Labute approximate surface area is 109 Å². The topological polar surface area (TPSA) is 67.2 Å². The van der Waals surface area contributed by atoms with E-state index in [1.54, 1.807) is 0 Å². The standard InChI is InChI=1S/C11H15ClFN3O2/c1-2-3-14-4-5-15-10-7-9(13)8(12)6-11(10)16(17)18/h6-7,14-15H,2-5H2,1H3. The van der Waals surface area contributed by atoms with E-state index < -0.39 is 10.7 Å². The molecule has 1 rings (SSSR count). The van der Waals surface area contributed by atoms with Gasteiger partial charge in [0.1, 0.15) is 11.5 Å². The fourth-order valence-electron chi connectivity index (χ4n) is 1.42. The fraction of sp³-hybridized carbons (Fsp3) is 0.455. The molecule has 0 aromatic heterocycles. The Morgan fingerprint density at radius 1 is 1.39 bits per heavy atom. The van der Waals surface area contributed by atoms with Gasteiger partial charge in [0.25, 0.3) is 5.69 Å². The number of nitrogens with one attached hydrogen (secondary N) is 2. The third-order valence-electron chi connectivity index (χ3n) is 2.28. The molecule has 0 spiro atoms. The van der Waals surface area contributed by atoms with Crippen LogP contribution in [0.1, 0.15) is 13.3 Å². The first-order chi connectivity index (χ1) is 8.56. The summed E-state index contributed by atoms with van der Waals surface area (Å²) in [5.41, 5.74) is -0.0860. The van der Waals surface area contributed by atoms with Crippen LogP contribution in [0.5, 0.6) is 0 Å². The monoisotopic (exact) mass is 275 g/mol. The molecule has 0 aliphatic heterocycles. The highest BCUT2D eigenvalue weighted by Gasteiger charge is 2.17. The number of hydrogen-bond donors (Lipinski definition) is 2. The van der Waals surface area contributed by atoms with Crippen molar-refractivity contribution in [3.05, 3.63) is 33.1 Å². The molecule has 0 radical (unpaired) electrons. The zero-order valence-corrected chi connectivity index (χ0v) is 10.8. The van der Waals surface area contributed by atoms with Crippen LogP contribution in [0.15, 0.2) is 12.1 Å². The van der Waals surface area contributed by atoms with Crippen molar-refractivity contribution in [1.82, 2.24) is 5.32 Å². The minimum absolute atomic E-state index is 0.139. The maximum Gasteiger partial charge on any atom is 0.294 e. The van der Waals surface area contributed by atoms with Crippen LogP contribution in [0.4, 0.5) is 15.8 Å². The lowest BCUT2D eigenvalue weighted by molar-refractivity contribution is -0.384. The Kier molecular flexibility index (Phi) is 5.80. The fourth-order valence-corrected chi connectivity index (χ4v) is 1.57. The third-order valence-corrected chi connectivity index (χ3v) is 2.57. The maximum atomic E-state index is 13.2. The summed E-state index contributed by atoms with van der Waals surface area (Å²) in [6.45, 7) is 4.04. The van der Waals surface area contributed by atoms with Gasteiger partial charge >= 0.3 is 0 Å². The molecule has 0 fully saturated rings. The number of benzene rings is 1. The van der Waals surface area contributed by atoms with E-state index in [0.717, 1.165) is 25.1 Å². The minimum atomic E-state index is -0.675. The van der Waals surface area contributed by atoms with Crippen molar-refractivity contribution in [2.45, 2.75) is 13.3 Å². The summed E-state index contributed by atoms with van der Waals surface area (Å²) in [5, 5.41) is 16.5. The van der Waals surface area contributed by atoms with Crippen molar-refractivity contribution in [3.8, 4) is 0 Å². The molecule has 0 atom stereocenters. The number of nitro benzene ring substituents is 1. The lowest BCUT2D eigenvalue weighted by Gasteiger charge is -2.08. The smallest absolute Gasteiger partial charge is 0.294 e. The summed E-state index contributed by atoms with van der Waals surface area (Å²) < 4.78 is 13.2. The second-order valence-corrected chi connectivity index (χ2v) is 4.12. The van der Waals surface area contributed by atoms with Gasteiger partial charge in [-0.3, -0.25) is 10.1 Å². The maximum absolute atomic E-state index is 13.2. The summed E-state index contributed by atoms with van der Waals surface area (Å²) in [5.74, 6) is -0.675. The average Bonchev–Trinajstić information content (AvgIpc) is 2.32. The second-order valence-electron chi connectivity index (χ2n) is 3.72. The van der Waals surface area contributed by atoms with Gasteiger partial charge in [-0.2, -0.15) is 0 Å². The van der Waals surface area contributed by atoms with Crippen molar-refractivity contribution >= 4 is 23.0 Å². The predicted octanol–water partition coefficient (Wildman–Crippen LogP) is 2.80. The average molecular weight is 276 g/mol. The predicted molar refractivity (Wildman–Crippen MR) is 69.7 cm³/mol. The lowest BCUT2D eigenvalue weighted by atomic mass is 10.2. The molecule has 2 N–H and O–H groups in total. The number of nitro groups is 1. The van der Waals surface area contributed by atoms with Crippen LogP contribution in [-0.2, 0) is 0 Å². The number of anilines is 1. The molecule has 1 aromatic carbocycles. The number of hydrogen-bond acceptors (Lipinski definition) is 4. The van der Waals surface area contributed by atoms with E-state index in [1.165, 1.54) is 0 Å². The first kappa shape index (κ1) is 14.7. The molecule has 0 amide bonds. The molecule has 0 heterocycles. The normalized spacial score (nSPS) is 10.4. The Balaban J connectivity index is 2.68. The minimum Gasteiger partial charge on any atom is -0.378 e. The van der Waals surface area contributed by atoms with E-state index in [-0.39, 0.29) is 16.4 Å². The van der Waals surface area contributed by atoms with Gasteiger partial charge in [-0.15, -0.1) is 0 Å². The van der Waals surface area contributed by atoms with Crippen molar-refractivity contribution in [2.75, 3.05) is 25.0 Å². The van der Waals surface area contributed by atoms with Crippen molar-refractivity contribution in [2.24, 2.45) is 0 Å². The number of rotatable bonds is 7. The van der Waals surface area contributed by atoms with Gasteiger partial charge in [0.15, 0.2) is 0 Å². The molecule has 1 aromatic rings. The van der Waals surface area contributed by atoms with E-state index in [9.17, 15) is 14.5 Å². The molecule has 0 aliphatic rings. The first-order valence-electron chi connectivity index (χ1n) is 5.64. The molecular formula is C11H15ClFN3O2. The van der Waals surface area contributed by atoms with Crippen molar-refractivity contribution in [3.63, 3.8) is 0 Å². The van der Waals surface area contributed by atoms with Gasteiger partial charge < -0.3 is 10.6 Å². The highest BCUT2D eigenvalue weighted by Crippen LogP contribution is 2.29. The van der Waals surface area contributed by atoms with Gasteiger partial charge in [-0.25, -0.2) is 4.39 Å². The second kappa shape index (κ2) is 7.13. The van der Waals surface area contributed by atoms with Crippen molar-refractivity contribution < 1.29 is 9.31 Å². The first-order valence-corrected chi connectivity index (χ1v) is 6.02. The zero-order valence-electron chi connectivity index (χ0n) is 10.0. The zero-order chi connectivity index (χ0) is 13.5. The summed E-state index contributed by atoms with van der Waals surface area (Å²) >= 11 is 5.51. The van der Waals surface area contributed by atoms with Gasteiger partial charge in [-0.1, -0.05) is 18.5 Å². The molecule has 0 saturated heterocycles. The van der Waals surface area contributed by atoms with E-state index in [0.29, 0.717) is 13.1 Å². The third kappa shape index (κ3) is 4.12. The molecule has 0 aliphatic carbocycles. The van der Waals surface area contributed by atoms with Crippen LogP contribution < -0.4 is 10.6 Å².